The van der Waals surface area contributed by atoms with Crippen molar-refractivity contribution in [1.82, 2.24) is 0 Å². The molecule has 4 nitrogen and oxygen atoms in total. The zero-order valence-electron chi connectivity index (χ0n) is 14.3. The van der Waals surface area contributed by atoms with Gasteiger partial charge in [0.2, 0.25) is 0 Å². The van der Waals surface area contributed by atoms with Gasteiger partial charge in [0.25, 0.3) is 0 Å². The van der Waals surface area contributed by atoms with E-state index in [0.29, 0.717) is 0 Å². The van der Waals surface area contributed by atoms with Crippen LogP contribution in [0.4, 0.5) is 0 Å². The third-order valence-corrected chi connectivity index (χ3v) is 0.914. The van der Waals surface area contributed by atoms with Crippen LogP contribution in [0.2, 0.25) is 0 Å². The van der Waals surface area contributed by atoms with Gasteiger partial charge < -0.3 is 20.1 Å². The Labute approximate surface area is 145 Å². The first kappa shape index (κ1) is 28.7. The Morgan fingerprint density at radius 2 is 1.24 bits per heavy atom. The Bertz CT molecular complexity index is 242. The maximum atomic E-state index is 8.06. The van der Waals surface area contributed by atoms with Crippen LogP contribution in [0.5, 0.6) is 5.75 Å². The molecule has 0 unspecified atom stereocenters. The van der Waals surface area contributed by atoms with Crippen molar-refractivity contribution in [2.24, 2.45) is 0 Å². The predicted molar refractivity (Wildman–Crippen MR) is 83.9 cm³/mol. The number of aliphatic hydroxyl groups is 3. The van der Waals surface area contributed by atoms with Crippen LogP contribution >= 0.6 is 0 Å². The molecule has 0 aliphatic carbocycles. The summed E-state index contributed by atoms with van der Waals surface area (Å²) >= 11 is 0. The van der Waals surface area contributed by atoms with Gasteiger partial charge in [-0.1, -0.05) is 0 Å². The number of aliphatic hydroxyl groups excluding tert-OH is 3. The van der Waals surface area contributed by atoms with E-state index in [9.17, 15) is 0 Å². The van der Waals surface area contributed by atoms with Gasteiger partial charge in [-0.05, 0) is 41.5 Å². The van der Waals surface area contributed by atoms with Crippen LogP contribution in [-0.4, -0.2) is 40.7 Å². The van der Waals surface area contributed by atoms with E-state index in [-0.39, 0.29) is 40.0 Å². The zero-order chi connectivity index (χ0) is 16.6. The fraction of sp³-hybridized carbons (Fsp3) is 0.625. The Morgan fingerprint density at radius 3 is 1.38 bits per heavy atom. The second-order valence-electron chi connectivity index (χ2n) is 4.72. The number of ether oxygens (including phenoxy) is 1. The SMILES string of the molecule is CC(C)O.CC(C)O.CC(C)O.COc1c[c-]ccc1.[Ti]. The van der Waals surface area contributed by atoms with Gasteiger partial charge in [-0.15, -0.1) is 12.1 Å². The summed E-state index contributed by atoms with van der Waals surface area (Å²) < 4.78 is 4.88. The Hall–Kier alpha value is -0.386. The molecule has 0 saturated heterocycles. The van der Waals surface area contributed by atoms with E-state index >= 15 is 0 Å². The van der Waals surface area contributed by atoms with Crippen molar-refractivity contribution in [1.29, 1.82) is 0 Å². The summed E-state index contributed by atoms with van der Waals surface area (Å²) in [5, 5.41) is 24.2. The quantitative estimate of drug-likeness (QED) is 0.545. The third kappa shape index (κ3) is 65.8. The molecular formula is C16H31O4Ti-. The van der Waals surface area contributed by atoms with Gasteiger partial charge in [0.05, 0.1) is 7.11 Å². The summed E-state index contributed by atoms with van der Waals surface area (Å²) in [5.41, 5.74) is 0. The van der Waals surface area contributed by atoms with Gasteiger partial charge in [-0.25, -0.2) is 0 Å². The first-order chi connectivity index (χ1) is 9.13. The molecule has 1 aromatic rings. The van der Waals surface area contributed by atoms with Crippen molar-refractivity contribution in [3.8, 4) is 5.75 Å². The van der Waals surface area contributed by atoms with Crippen molar-refractivity contribution >= 4 is 0 Å². The number of hydrogen-bond acceptors (Lipinski definition) is 4. The van der Waals surface area contributed by atoms with E-state index < -0.39 is 0 Å². The molecule has 0 spiro atoms. The van der Waals surface area contributed by atoms with Gasteiger partial charge in [0.15, 0.2) is 0 Å². The summed E-state index contributed by atoms with van der Waals surface area (Å²) in [6.07, 6.45) is -0.500. The minimum absolute atomic E-state index is 0. The van der Waals surface area contributed by atoms with Crippen molar-refractivity contribution in [2.45, 2.75) is 59.9 Å². The topological polar surface area (TPSA) is 69.9 Å². The van der Waals surface area contributed by atoms with Crippen molar-refractivity contribution < 1.29 is 41.8 Å². The first-order valence-electron chi connectivity index (χ1n) is 6.67. The third-order valence-electron chi connectivity index (χ3n) is 0.914. The molecule has 0 bridgehead atoms. The van der Waals surface area contributed by atoms with Gasteiger partial charge in [0, 0.05) is 45.8 Å². The predicted octanol–water partition coefficient (Wildman–Crippen LogP) is 2.65. The molecule has 5 heteroatoms. The van der Waals surface area contributed by atoms with Gasteiger partial charge in [-0.3, -0.25) is 0 Å². The molecule has 0 fully saturated rings. The number of hydrogen-bond donors (Lipinski definition) is 3. The standard InChI is InChI=1S/C7H7O.3C3H8O.Ti/c1-8-7-5-3-2-4-6-7;3*1-3(2)4;/h2-3,5-6H,1H3;3*3-4H,1-2H3;/q-1;;;;. The van der Waals surface area contributed by atoms with Crippen LogP contribution < -0.4 is 4.74 Å². The van der Waals surface area contributed by atoms with Gasteiger partial charge in [0.1, 0.15) is 0 Å². The van der Waals surface area contributed by atoms with E-state index in [0.717, 1.165) is 5.75 Å². The molecule has 0 aromatic heterocycles. The fourth-order valence-corrected chi connectivity index (χ4v) is 0.504. The second-order valence-corrected chi connectivity index (χ2v) is 4.72. The van der Waals surface area contributed by atoms with Gasteiger partial charge >= 0.3 is 0 Å². The summed E-state index contributed by atoms with van der Waals surface area (Å²) in [5.74, 6) is 0.854. The smallest absolute Gasteiger partial charge is 0.0606 e. The van der Waals surface area contributed by atoms with E-state index in [1.807, 2.05) is 18.2 Å². The number of methoxy groups -OCH3 is 1. The van der Waals surface area contributed by atoms with Crippen molar-refractivity contribution in [3.63, 3.8) is 0 Å². The minimum Gasteiger partial charge on any atom is -0.554 e. The largest absolute Gasteiger partial charge is 0.554 e. The summed E-state index contributed by atoms with van der Waals surface area (Å²) in [6.45, 7) is 10.3. The Kier molecular flexibility index (Phi) is 30.0. The maximum Gasteiger partial charge on any atom is 0.0606 e. The van der Waals surface area contributed by atoms with Crippen LogP contribution in [-0.2, 0) is 21.7 Å². The van der Waals surface area contributed by atoms with E-state index in [2.05, 4.69) is 6.07 Å². The van der Waals surface area contributed by atoms with Gasteiger partial charge in [-0.2, -0.15) is 18.2 Å². The normalized spacial score (nSPS) is 8.43. The minimum atomic E-state index is -0.167. The average molecular weight is 335 g/mol. The van der Waals surface area contributed by atoms with Crippen LogP contribution in [0.25, 0.3) is 0 Å². The molecule has 0 radical (unpaired) electrons. The number of rotatable bonds is 1. The molecular weight excluding hydrogens is 304 g/mol. The van der Waals surface area contributed by atoms with Crippen LogP contribution in [0.3, 0.4) is 0 Å². The van der Waals surface area contributed by atoms with Crippen LogP contribution in [0, 0.1) is 6.07 Å². The molecule has 0 atom stereocenters. The molecule has 0 amide bonds. The Morgan fingerprint density at radius 1 is 0.905 bits per heavy atom. The Balaban J connectivity index is -0.0000000973. The van der Waals surface area contributed by atoms with Crippen molar-refractivity contribution in [3.05, 3.63) is 30.3 Å². The monoisotopic (exact) mass is 335 g/mol. The summed E-state index contributed by atoms with van der Waals surface area (Å²) in [4.78, 5) is 0. The fourth-order valence-electron chi connectivity index (χ4n) is 0.504. The molecule has 0 aliphatic heterocycles. The molecule has 3 N–H and O–H groups in total. The number of benzene rings is 1. The summed E-state index contributed by atoms with van der Waals surface area (Å²) in [7, 11) is 1.64. The van der Waals surface area contributed by atoms with Crippen LogP contribution in [0.15, 0.2) is 24.3 Å². The zero-order valence-corrected chi connectivity index (χ0v) is 15.9. The first-order valence-corrected chi connectivity index (χ1v) is 6.67. The maximum absolute atomic E-state index is 8.06. The molecule has 21 heavy (non-hydrogen) atoms. The molecule has 0 saturated carbocycles. The molecule has 0 aliphatic rings. The molecule has 0 heterocycles. The van der Waals surface area contributed by atoms with E-state index in [4.69, 9.17) is 20.1 Å². The molecule has 1 rings (SSSR count). The summed E-state index contributed by atoms with van der Waals surface area (Å²) in [6, 6.07) is 10.3. The second kappa shape index (κ2) is 21.9. The average Bonchev–Trinajstić information content (AvgIpc) is 2.28. The van der Waals surface area contributed by atoms with E-state index in [1.165, 1.54) is 0 Å². The van der Waals surface area contributed by atoms with E-state index in [1.54, 1.807) is 54.7 Å². The van der Waals surface area contributed by atoms with Crippen LogP contribution in [0.1, 0.15) is 41.5 Å². The van der Waals surface area contributed by atoms with Crippen molar-refractivity contribution in [2.75, 3.05) is 7.11 Å². The molecule has 1 aromatic carbocycles. The molecule has 124 valence electrons.